The fraction of sp³-hybridized carbons (Fsp3) is 0.278. The predicted octanol–water partition coefficient (Wildman–Crippen LogP) is 3.78. The van der Waals surface area contributed by atoms with Gasteiger partial charge in [0.15, 0.2) is 0 Å². The Labute approximate surface area is 139 Å². The van der Waals surface area contributed by atoms with Gasteiger partial charge in [0.05, 0.1) is 20.3 Å². The molecule has 0 aromatic heterocycles. The van der Waals surface area contributed by atoms with Crippen LogP contribution in [0.2, 0.25) is 0 Å². The SMILES string of the molecule is COc1cc(C(=O)NC(C)c2ccc(F)cc2F)cc(OC)c1C. The zero-order valence-corrected chi connectivity index (χ0v) is 13.9. The van der Waals surface area contributed by atoms with Crippen LogP contribution in [0.4, 0.5) is 8.78 Å². The van der Waals surface area contributed by atoms with Crippen LogP contribution in [0.15, 0.2) is 30.3 Å². The summed E-state index contributed by atoms with van der Waals surface area (Å²) in [6.07, 6.45) is 0. The van der Waals surface area contributed by atoms with E-state index in [1.54, 1.807) is 19.1 Å². The van der Waals surface area contributed by atoms with Gasteiger partial charge in [-0.2, -0.15) is 0 Å². The number of nitrogens with one attached hydrogen (secondary N) is 1. The van der Waals surface area contributed by atoms with Crippen LogP contribution >= 0.6 is 0 Å². The number of carbonyl (C=O) groups is 1. The lowest BCUT2D eigenvalue weighted by atomic mass is 10.1. The monoisotopic (exact) mass is 335 g/mol. The summed E-state index contributed by atoms with van der Waals surface area (Å²) in [4.78, 5) is 12.4. The number of benzene rings is 2. The van der Waals surface area contributed by atoms with Crippen LogP contribution in [-0.2, 0) is 0 Å². The minimum atomic E-state index is -0.707. The second-order valence-electron chi connectivity index (χ2n) is 5.37. The Hall–Kier alpha value is -2.63. The lowest BCUT2D eigenvalue weighted by Crippen LogP contribution is -2.27. The normalized spacial score (nSPS) is 11.8. The van der Waals surface area contributed by atoms with E-state index < -0.39 is 23.6 Å². The molecule has 0 aliphatic heterocycles. The van der Waals surface area contributed by atoms with Crippen molar-refractivity contribution >= 4 is 5.91 Å². The molecule has 1 atom stereocenters. The molecule has 0 bridgehead atoms. The maximum absolute atomic E-state index is 13.8. The maximum atomic E-state index is 13.8. The van der Waals surface area contributed by atoms with Crippen molar-refractivity contribution in [2.24, 2.45) is 0 Å². The third-order valence-corrected chi connectivity index (χ3v) is 3.79. The lowest BCUT2D eigenvalue weighted by molar-refractivity contribution is 0.0938. The van der Waals surface area contributed by atoms with Crippen molar-refractivity contribution in [1.29, 1.82) is 0 Å². The highest BCUT2D eigenvalue weighted by atomic mass is 19.1. The van der Waals surface area contributed by atoms with Gasteiger partial charge in [-0.15, -0.1) is 0 Å². The Kier molecular flexibility index (Phi) is 5.39. The predicted molar refractivity (Wildman–Crippen MR) is 86.5 cm³/mol. The first-order valence-corrected chi connectivity index (χ1v) is 7.35. The molecule has 0 aliphatic rings. The number of hydrogen-bond acceptors (Lipinski definition) is 3. The topological polar surface area (TPSA) is 47.6 Å². The average Bonchev–Trinajstić information content (AvgIpc) is 2.54. The van der Waals surface area contributed by atoms with Crippen LogP contribution in [0.1, 0.15) is 34.5 Å². The molecule has 24 heavy (non-hydrogen) atoms. The summed E-state index contributed by atoms with van der Waals surface area (Å²) >= 11 is 0. The Morgan fingerprint density at radius 2 is 1.67 bits per heavy atom. The summed E-state index contributed by atoms with van der Waals surface area (Å²) in [6, 6.07) is 5.79. The first-order valence-electron chi connectivity index (χ1n) is 7.35. The van der Waals surface area contributed by atoms with Gasteiger partial charge in [-0.3, -0.25) is 4.79 Å². The highest BCUT2D eigenvalue weighted by Gasteiger charge is 2.18. The van der Waals surface area contributed by atoms with E-state index in [-0.39, 0.29) is 5.56 Å². The van der Waals surface area contributed by atoms with Gasteiger partial charge < -0.3 is 14.8 Å². The van der Waals surface area contributed by atoms with Crippen LogP contribution < -0.4 is 14.8 Å². The van der Waals surface area contributed by atoms with Gasteiger partial charge in [-0.25, -0.2) is 8.78 Å². The number of rotatable bonds is 5. The summed E-state index contributed by atoms with van der Waals surface area (Å²) in [5.41, 5.74) is 1.30. The Bertz CT molecular complexity index is 737. The molecule has 2 rings (SSSR count). The van der Waals surface area contributed by atoms with Crippen molar-refractivity contribution < 1.29 is 23.0 Å². The molecule has 1 N–H and O–H groups in total. The summed E-state index contributed by atoms with van der Waals surface area (Å²) in [5.74, 6) is -0.757. The van der Waals surface area contributed by atoms with Crippen LogP contribution in [0.25, 0.3) is 0 Å². The van der Waals surface area contributed by atoms with E-state index in [1.807, 2.05) is 6.92 Å². The molecule has 2 aromatic rings. The molecule has 0 fully saturated rings. The van der Waals surface area contributed by atoms with Crippen molar-refractivity contribution in [3.8, 4) is 11.5 Å². The lowest BCUT2D eigenvalue weighted by Gasteiger charge is -2.17. The Morgan fingerprint density at radius 3 is 2.17 bits per heavy atom. The minimum Gasteiger partial charge on any atom is -0.496 e. The van der Waals surface area contributed by atoms with Gasteiger partial charge >= 0.3 is 0 Å². The molecule has 1 unspecified atom stereocenters. The number of carbonyl (C=O) groups excluding carboxylic acids is 1. The average molecular weight is 335 g/mol. The van der Waals surface area contributed by atoms with E-state index in [9.17, 15) is 13.6 Å². The first-order chi connectivity index (χ1) is 11.4. The van der Waals surface area contributed by atoms with Crippen molar-refractivity contribution in [2.45, 2.75) is 19.9 Å². The van der Waals surface area contributed by atoms with E-state index in [0.717, 1.165) is 17.7 Å². The van der Waals surface area contributed by atoms with Crippen LogP contribution in [-0.4, -0.2) is 20.1 Å². The van der Waals surface area contributed by atoms with E-state index >= 15 is 0 Å². The molecule has 2 aromatic carbocycles. The molecular formula is C18H19F2NO3. The fourth-order valence-electron chi connectivity index (χ4n) is 2.43. The van der Waals surface area contributed by atoms with Gasteiger partial charge in [-0.1, -0.05) is 6.07 Å². The van der Waals surface area contributed by atoms with Gasteiger partial charge in [0, 0.05) is 22.8 Å². The van der Waals surface area contributed by atoms with E-state index in [2.05, 4.69) is 5.32 Å². The van der Waals surface area contributed by atoms with Gasteiger partial charge in [0.25, 0.3) is 5.91 Å². The Morgan fingerprint density at radius 1 is 1.08 bits per heavy atom. The summed E-state index contributed by atoms with van der Waals surface area (Å²) in [7, 11) is 3.00. The molecule has 0 heterocycles. The number of halogens is 2. The van der Waals surface area contributed by atoms with Crippen molar-refractivity contribution in [3.63, 3.8) is 0 Å². The standard InChI is InChI=1S/C18H19F2NO3/c1-10-16(23-3)7-12(8-17(10)24-4)18(22)21-11(2)14-6-5-13(19)9-15(14)20/h5-9,11H,1-4H3,(H,21,22). The third kappa shape index (κ3) is 3.64. The van der Waals surface area contributed by atoms with Crippen molar-refractivity contribution in [2.75, 3.05) is 14.2 Å². The quantitative estimate of drug-likeness (QED) is 0.904. The Balaban J connectivity index is 2.26. The number of amides is 1. The summed E-state index contributed by atoms with van der Waals surface area (Å²) in [6.45, 7) is 3.44. The smallest absolute Gasteiger partial charge is 0.252 e. The molecule has 6 heteroatoms. The zero-order chi connectivity index (χ0) is 17.9. The molecule has 0 radical (unpaired) electrons. The largest absolute Gasteiger partial charge is 0.496 e. The molecule has 0 saturated heterocycles. The van der Waals surface area contributed by atoms with Gasteiger partial charge in [0.1, 0.15) is 23.1 Å². The number of ether oxygens (including phenoxy) is 2. The van der Waals surface area contributed by atoms with E-state index in [1.165, 1.54) is 20.3 Å². The molecule has 128 valence electrons. The molecule has 0 saturated carbocycles. The highest BCUT2D eigenvalue weighted by molar-refractivity contribution is 5.95. The number of methoxy groups -OCH3 is 2. The molecule has 0 aliphatic carbocycles. The van der Waals surface area contributed by atoms with Crippen molar-refractivity contribution in [1.82, 2.24) is 5.32 Å². The van der Waals surface area contributed by atoms with Crippen LogP contribution in [0.3, 0.4) is 0 Å². The maximum Gasteiger partial charge on any atom is 0.252 e. The first kappa shape index (κ1) is 17.7. The third-order valence-electron chi connectivity index (χ3n) is 3.79. The molecule has 4 nitrogen and oxygen atoms in total. The molecule has 0 spiro atoms. The van der Waals surface area contributed by atoms with Crippen molar-refractivity contribution in [3.05, 3.63) is 58.7 Å². The number of hydrogen-bond donors (Lipinski definition) is 1. The van der Waals surface area contributed by atoms with Crippen LogP contribution in [0.5, 0.6) is 11.5 Å². The van der Waals surface area contributed by atoms with Crippen LogP contribution in [0, 0.1) is 18.6 Å². The van der Waals surface area contributed by atoms with Gasteiger partial charge in [0.2, 0.25) is 0 Å². The summed E-state index contributed by atoms with van der Waals surface area (Å²) in [5, 5.41) is 2.68. The second kappa shape index (κ2) is 7.29. The minimum absolute atomic E-state index is 0.204. The summed E-state index contributed by atoms with van der Waals surface area (Å²) < 4.78 is 37.3. The van der Waals surface area contributed by atoms with E-state index in [0.29, 0.717) is 17.1 Å². The fourth-order valence-corrected chi connectivity index (χ4v) is 2.43. The molecular weight excluding hydrogens is 316 g/mol. The highest BCUT2D eigenvalue weighted by Crippen LogP contribution is 2.29. The van der Waals surface area contributed by atoms with Gasteiger partial charge in [-0.05, 0) is 32.0 Å². The second-order valence-corrected chi connectivity index (χ2v) is 5.37. The molecule has 1 amide bonds. The zero-order valence-electron chi connectivity index (χ0n) is 13.9. The van der Waals surface area contributed by atoms with E-state index in [4.69, 9.17) is 9.47 Å².